The fourth-order valence-corrected chi connectivity index (χ4v) is 2.95. The Morgan fingerprint density at radius 1 is 1.25 bits per heavy atom. The van der Waals surface area contributed by atoms with E-state index in [1.54, 1.807) is 0 Å². The van der Waals surface area contributed by atoms with Crippen LogP contribution >= 0.6 is 0 Å². The number of fused-ring (bicyclic) bond motifs is 1. The van der Waals surface area contributed by atoms with Gasteiger partial charge in [0.1, 0.15) is 0 Å². The summed E-state index contributed by atoms with van der Waals surface area (Å²) in [6, 6.07) is 6.28. The summed E-state index contributed by atoms with van der Waals surface area (Å²) < 4.78 is 6.22. The zero-order valence-electron chi connectivity index (χ0n) is 13.2. The average Bonchev–Trinajstić information content (AvgIpc) is 2.34. The molecular weight excluding hydrogens is 266 g/mol. The van der Waals surface area contributed by atoms with Gasteiger partial charge in [-0.3, -0.25) is 4.79 Å². The van der Waals surface area contributed by atoms with Crippen molar-refractivity contribution in [2.24, 2.45) is 0 Å². The quantitative estimate of drug-likeness (QED) is 0.852. The van der Waals surface area contributed by atoms with Crippen LogP contribution in [-0.2, 0) is 22.2 Å². The van der Waals surface area contributed by atoms with Gasteiger partial charge < -0.3 is 9.74 Å². The van der Waals surface area contributed by atoms with Gasteiger partial charge in [-0.05, 0) is 41.7 Å². The molecule has 1 aromatic carbocycles. The molecule has 1 aliphatic rings. The standard InChI is InChI=1S/C16H25NO2Si/c1-16(2,3)20(4,5)19-11-12-6-7-13-8-9-15(18)17-14(13)10-12/h6-7,10H,8-9,11H2,1-5H3,(H,17,18). The van der Waals surface area contributed by atoms with Crippen molar-refractivity contribution in [2.75, 3.05) is 5.32 Å². The first-order valence-corrected chi connectivity index (χ1v) is 10.2. The van der Waals surface area contributed by atoms with Crippen molar-refractivity contribution in [3.8, 4) is 0 Å². The molecule has 0 aliphatic carbocycles. The molecule has 1 aromatic rings. The van der Waals surface area contributed by atoms with E-state index in [-0.39, 0.29) is 10.9 Å². The predicted octanol–water partition coefficient (Wildman–Crippen LogP) is 4.09. The van der Waals surface area contributed by atoms with Gasteiger partial charge in [0.05, 0.1) is 6.61 Å². The molecule has 0 saturated carbocycles. The lowest BCUT2D eigenvalue weighted by Gasteiger charge is -2.36. The first-order chi connectivity index (χ1) is 9.19. The Balaban J connectivity index is 2.08. The molecule has 1 N–H and O–H groups in total. The Bertz CT molecular complexity index is 518. The van der Waals surface area contributed by atoms with E-state index in [4.69, 9.17) is 4.43 Å². The van der Waals surface area contributed by atoms with E-state index in [0.29, 0.717) is 13.0 Å². The van der Waals surface area contributed by atoms with Crippen LogP contribution in [0.4, 0.5) is 5.69 Å². The minimum atomic E-state index is -1.72. The zero-order valence-corrected chi connectivity index (χ0v) is 14.2. The number of carbonyl (C=O) groups is 1. The summed E-state index contributed by atoms with van der Waals surface area (Å²) in [6.07, 6.45) is 1.43. The number of nitrogens with one attached hydrogen (secondary N) is 1. The third-order valence-corrected chi connectivity index (χ3v) is 8.95. The van der Waals surface area contributed by atoms with Gasteiger partial charge in [0.2, 0.25) is 5.91 Å². The summed E-state index contributed by atoms with van der Waals surface area (Å²) >= 11 is 0. The van der Waals surface area contributed by atoms with Gasteiger partial charge >= 0.3 is 0 Å². The van der Waals surface area contributed by atoms with Crippen LogP contribution in [-0.4, -0.2) is 14.2 Å². The van der Waals surface area contributed by atoms with Gasteiger partial charge in [-0.15, -0.1) is 0 Å². The van der Waals surface area contributed by atoms with Crippen molar-refractivity contribution in [3.05, 3.63) is 29.3 Å². The van der Waals surface area contributed by atoms with Crippen LogP contribution in [0.1, 0.15) is 38.3 Å². The van der Waals surface area contributed by atoms with E-state index in [1.807, 2.05) is 0 Å². The number of carbonyl (C=O) groups excluding carboxylic acids is 1. The SMILES string of the molecule is CC(C)(C)[Si](C)(C)OCc1ccc2c(c1)NC(=O)CC2. The molecule has 0 radical (unpaired) electrons. The molecule has 3 nitrogen and oxygen atoms in total. The third kappa shape index (κ3) is 3.30. The molecule has 1 aliphatic heterocycles. The van der Waals surface area contributed by atoms with Crippen molar-refractivity contribution in [2.45, 2.75) is 58.4 Å². The molecule has 1 amide bonds. The molecule has 20 heavy (non-hydrogen) atoms. The second-order valence-electron chi connectivity index (χ2n) is 7.09. The molecule has 0 bridgehead atoms. The van der Waals surface area contributed by atoms with E-state index in [0.717, 1.165) is 17.7 Å². The molecular formula is C16H25NO2Si. The number of amides is 1. The van der Waals surface area contributed by atoms with Gasteiger partial charge in [0, 0.05) is 12.1 Å². The average molecular weight is 291 g/mol. The Morgan fingerprint density at radius 2 is 1.95 bits per heavy atom. The largest absolute Gasteiger partial charge is 0.413 e. The predicted molar refractivity (Wildman–Crippen MR) is 85.4 cm³/mol. The smallest absolute Gasteiger partial charge is 0.224 e. The van der Waals surface area contributed by atoms with Crippen LogP contribution in [0.3, 0.4) is 0 Å². The van der Waals surface area contributed by atoms with Crippen molar-refractivity contribution >= 4 is 19.9 Å². The van der Waals surface area contributed by atoms with E-state index in [1.165, 1.54) is 5.56 Å². The molecule has 110 valence electrons. The number of hydrogen-bond acceptors (Lipinski definition) is 2. The fourth-order valence-electron chi connectivity index (χ4n) is 1.99. The van der Waals surface area contributed by atoms with Crippen LogP contribution in [0.15, 0.2) is 18.2 Å². The number of rotatable bonds is 3. The maximum absolute atomic E-state index is 11.5. The maximum Gasteiger partial charge on any atom is 0.224 e. The molecule has 0 spiro atoms. The Kier molecular flexibility index (Phi) is 4.07. The van der Waals surface area contributed by atoms with E-state index >= 15 is 0 Å². The highest BCUT2D eigenvalue weighted by Crippen LogP contribution is 2.37. The van der Waals surface area contributed by atoms with Gasteiger partial charge in [0.25, 0.3) is 0 Å². The van der Waals surface area contributed by atoms with Crippen LogP contribution in [0, 0.1) is 0 Å². The molecule has 1 heterocycles. The second kappa shape index (κ2) is 5.33. The molecule has 0 aromatic heterocycles. The molecule has 0 atom stereocenters. The number of anilines is 1. The lowest BCUT2D eigenvalue weighted by atomic mass is 10.0. The Hall–Kier alpha value is -1.13. The van der Waals surface area contributed by atoms with Crippen LogP contribution in [0.5, 0.6) is 0 Å². The summed E-state index contributed by atoms with van der Waals surface area (Å²) in [5, 5.41) is 3.16. The molecule has 4 heteroatoms. The highest BCUT2D eigenvalue weighted by molar-refractivity contribution is 6.74. The van der Waals surface area contributed by atoms with Crippen molar-refractivity contribution in [1.29, 1.82) is 0 Å². The Morgan fingerprint density at radius 3 is 2.60 bits per heavy atom. The Labute approximate surface area is 122 Å². The monoisotopic (exact) mass is 291 g/mol. The topological polar surface area (TPSA) is 38.3 Å². The van der Waals surface area contributed by atoms with Crippen molar-refractivity contribution < 1.29 is 9.22 Å². The van der Waals surface area contributed by atoms with E-state index in [9.17, 15) is 4.79 Å². The highest BCUT2D eigenvalue weighted by atomic mass is 28.4. The van der Waals surface area contributed by atoms with Crippen molar-refractivity contribution in [1.82, 2.24) is 0 Å². The molecule has 0 fully saturated rings. The summed E-state index contributed by atoms with van der Waals surface area (Å²) in [5.74, 6) is 0.111. The number of benzene rings is 1. The minimum Gasteiger partial charge on any atom is -0.413 e. The summed E-state index contributed by atoms with van der Waals surface area (Å²) in [6.45, 7) is 11.9. The van der Waals surface area contributed by atoms with Gasteiger partial charge in [-0.2, -0.15) is 0 Å². The lowest BCUT2D eigenvalue weighted by molar-refractivity contribution is -0.116. The zero-order chi connectivity index (χ0) is 15.0. The third-order valence-electron chi connectivity index (χ3n) is 4.48. The molecule has 0 saturated heterocycles. The maximum atomic E-state index is 11.5. The van der Waals surface area contributed by atoms with Crippen LogP contribution in [0.25, 0.3) is 0 Å². The summed E-state index contributed by atoms with van der Waals surface area (Å²) in [5.41, 5.74) is 3.31. The summed E-state index contributed by atoms with van der Waals surface area (Å²) in [7, 11) is -1.72. The number of hydrogen-bond donors (Lipinski definition) is 1. The van der Waals surface area contributed by atoms with Gasteiger partial charge in [0.15, 0.2) is 8.32 Å². The van der Waals surface area contributed by atoms with E-state index in [2.05, 4.69) is 57.4 Å². The lowest BCUT2D eigenvalue weighted by Crippen LogP contribution is -2.40. The molecule has 2 rings (SSSR count). The number of aryl methyl sites for hydroxylation is 1. The van der Waals surface area contributed by atoms with Crippen LogP contribution < -0.4 is 5.32 Å². The van der Waals surface area contributed by atoms with E-state index < -0.39 is 8.32 Å². The van der Waals surface area contributed by atoms with Gasteiger partial charge in [-0.1, -0.05) is 32.9 Å². The minimum absolute atomic E-state index is 0.111. The van der Waals surface area contributed by atoms with Crippen molar-refractivity contribution in [3.63, 3.8) is 0 Å². The normalized spacial score (nSPS) is 15.8. The first-order valence-electron chi connectivity index (χ1n) is 7.25. The van der Waals surface area contributed by atoms with Crippen LogP contribution in [0.2, 0.25) is 18.1 Å². The first kappa shape index (κ1) is 15.3. The van der Waals surface area contributed by atoms with Gasteiger partial charge in [-0.25, -0.2) is 0 Å². The second-order valence-corrected chi connectivity index (χ2v) is 11.9. The summed E-state index contributed by atoms with van der Waals surface area (Å²) in [4.78, 5) is 11.5. The fraction of sp³-hybridized carbons (Fsp3) is 0.562. The molecule has 0 unspecified atom stereocenters. The highest BCUT2D eigenvalue weighted by Gasteiger charge is 2.37.